The summed E-state index contributed by atoms with van der Waals surface area (Å²) >= 11 is 0. The van der Waals surface area contributed by atoms with Crippen molar-refractivity contribution in [2.45, 2.75) is 46.3 Å². The number of anilines is 2. The van der Waals surface area contributed by atoms with Crippen molar-refractivity contribution in [3.63, 3.8) is 0 Å². The first-order chi connectivity index (χ1) is 11.2. The maximum atomic E-state index is 12.2. The molecule has 0 atom stereocenters. The molecule has 0 aliphatic heterocycles. The first kappa shape index (κ1) is 17.7. The molecule has 1 aromatic carbocycles. The monoisotopic (exact) mass is 328 g/mol. The lowest BCUT2D eigenvalue weighted by molar-refractivity contribution is 0.0914. The topological polar surface area (TPSA) is 76.1 Å². The van der Waals surface area contributed by atoms with E-state index < -0.39 is 0 Å². The molecule has 0 fully saturated rings. The molecular weight excluding hydrogens is 304 g/mol. The number of benzene rings is 1. The van der Waals surface area contributed by atoms with Crippen LogP contribution in [0.15, 0.2) is 36.7 Å². The van der Waals surface area contributed by atoms with Crippen LogP contribution < -0.4 is 15.4 Å². The van der Waals surface area contributed by atoms with E-state index in [0.29, 0.717) is 11.5 Å². The molecule has 128 valence electrons. The van der Waals surface area contributed by atoms with Crippen molar-refractivity contribution in [1.82, 2.24) is 15.3 Å². The summed E-state index contributed by atoms with van der Waals surface area (Å²) in [6.07, 6.45) is 1.51. The Morgan fingerprint density at radius 1 is 1.12 bits per heavy atom. The van der Waals surface area contributed by atoms with Crippen LogP contribution in [0.3, 0.4) is 0 Å². The fourth-order valence-electron chi connectivity index (χ4n) is 1.99. The summed E-state index contributed by atoms with van der Waals surface area (Å²) in [6.45, 7) is 9.73. The molecule has 0 saturated carbocycles. The molecule has 0 bridgehead atoms. The second kappa shape index (κ2) is 7.29. The highest BCUT2D eigenvalue weighted by molar-refractivity contribution is 5.93. The Labute approximate surface area is 142 Å². The second-order valence-corrected chi connectivity index (χ2v) is 6.81. The molecule has 2 aromatic rings. The molecule has 2 rings (SSSR count). The van der Waals surface area contributed by atoms with E-state index in [1.165, 1.54) is 6.33 Å². The highest BCUT2D eigenvalue weighted by Gasteiger charge is 2.16. The predicted molar refractivity (Wildman–Crippen MR) is 94.7 cm³/mol. The first-order valence-electron chi connectivity index (χ1n) is 7.91. The number of carbonyl (C=O) groups excluding carboxylic acids is 1. The Hall–Kier alpha value is -2.63. The van der Waals surface area contributed by atoms with Gasteiger partial charge in [0.2, 0.25) is 0 Å². The molecule has 1 amide bonds. The minimum absolute atomic E-state index is 0.134. The maximum Gasteiger partial charge on any atom is 0.270 e. The van der Waals surface area contributed by atoms with Crippen molar-refractivity contribution < 1.29 is 9.53 Å². The van der Waals surface area contributed by atoms with Gasteiger partial charge in [-0.1, -0.05) is 0 Å². The van der Waals surface area contributed by atoms with Gasteiger partial charge in [-0.25, -0.2) is 9.97 Å². The number of hydrogen-bond acceptors (Lipinski definition) is 5. The van der Waals surface area contributed by atoms with Gasteiger partial charge in [-0.2, -0.15) is 0 Å². The van der Waals surface area contributed by atoms with Gasteiger partial charge in [-0.05, 0) is 58.9 Å². The fraction of sp³-hybridized carbons (Fsp3) is 0.389. The molecule has 0 aliphatic carbocycles. The lowest BCUT2D eigenvalue weighted by Crippen LogP contribution is -2.40. The van der Waals surface area contributed by atoms with E-state index in [9.17, 15) is 4.79 Å². The number of ether oxygens (including phenoxy) is 1. The molecule has 0 radical (unpaired) electrons. The average Bonchev–Trinajstić information content (AvgIpc) is 2.47. The second-order valence-electron chi connectivity index (χ2n) is 6.81. The third kappa shape index (κ3) is 5.53. The molecule has 0 saturated heterocycles. The molecule has 24 heavy (non-hydrogen) atoms. The van der Waals surface area contributed by atoms with Crippen molar-refractivity contribution >= 4 is 17.4 Å². The van der Waals surface area contributed by atoms with E-state index in [0.717, 1.165) is 11.4 Å². The molecule has 0 spiro atoms. The van der Waals surface area contributed by atoms with Crippen LogP contribution in [-0.4, -0.2) is 27.5 Å². The van der Waals surface area contributed by atoms with Gasteiger partial charge in [0.1, 0.15) is 23.6 Å². The van der Waals surface area contributed by atoms with Crippen LogP contribution in [-0.2, 0) is 0 Å². The first-order valence-corrected chi connectivity index (χ1v) is 7.91. The third-order valence-corrected chi connectivity index (χ3v) is 2.89. The Morgan fingerprint density at radius 3 is 2.38 bits per heavy atom. The largest absolute Gasteiger partial charge is 0.491 e. The molecule has 0 aliphatic rings. The van der Waals surface area contributed by atoms with Crippen molar-refractivity contribution in [2.75, 3.05) is 5.32 Å². The van der Waals surface area contributed by atoms with E-state index in [-0.39, 0.29) is 17.6 Å². The molecule has 1 aromatic heterocycles. The number of carbonyl (C=O) groups is 1. The summed E-state index contributed by atoms with van der Waals surface area (Å²) in [4.78, 5) is 20.3. The van der Waals surface area contributed by atoms with Crippen LogP contribution in [0, 0.1) is 0 Å². The summed E-state index contributed by atoms with van der Waals surface area (Å²) in [7, 11) is 0. The Morgan fingerprint density at radius 2 is 1.79 bits per heavy atom. The van der Waals surface area contributed by atoms with Crippen LogP contribution in [0.1, 0.15) is 45.1 Å². The van der Waals surface area contributed by atoms with E-state index in [1.54, 1.807) is 6.07 Å². The van der Waals surface area contributed by atoms with Crippen molar-refractivity contribution in [3.05, 3.63) is 42.4 Å². The maximum absolute atomic E-state index is 12.2. The van der Waals surface area contributed by atoms with Crippen molar-refractivity contribution in [3.8, 4) is 5.75 Å². The zero-order chi connectivity index (χ0) is 17.7. The number of hydrogen-bond donors (Lipinski definition) is 2. The average molecular weight is 328 g/mol. The van der Waals surface area contributed by atoms with Gasteiger partial charge in [0.05, 0.1) is 6.10 Å². The quantitative estimate of drug-likeness (QED) is 0.878. The van der Waals surface area contributed by atoms with Gasteiger partial charge >= 0.3 is 0 Å². The Balaban J connectivity index is 2.08. The van der Waals surface area contributed by atoms with Crippen LogP contribution in [0.5, 0.6) is 5.75 Å². The van der Waals surface area contributed by atoms with Gasteiger partial charge in [0, 0.05) is 17.3 Å². The van der Waals surface area contributed by atoms with E-state index in [4.69, 9.17) is 4.74 Å². The van der Waals surface area contributed by atoms with Gasteiger partial charge < -0.3 is 15.4 Å². The van der Waals surface area contributed by atoms with Crippen LogP contribution in [0.2, 0.25) is 0 Å². The van der Waals surface area contributed by atoms with Crippen LogP contribution in [0.4, 0.5) is 11.5 Å². The number of nitrogens with one attached hydrogen (secondary N) is 2. The number of nitrogens with zero attached hydrogens (tertiary/aromatic N) is 2. The molecule has 0 unspecified atom stereocenters. The Bertz CT molecular complexity index is 691. The lowest BCUT2D eigenvalue weighted by atomic mass is 10.1. The molecule has 6 nitrogen and oxygen atoms in total. The Kier molecular flexibility index (Phi) is 5.39. The van der Waals surface area contributed by atoms with E-state index >= 15 is 0 Å². The van der Waals surface area contributed by atoms with E-state index in [1.807, 2.05) is 58.9 Å². The predicted octanol–water partition coefficient (Wildman–Crippen LogP) is 3.54. The van der Waals surface area contributed by atoms with Crippen molar-refractivity contribution in [2.24, 2.45) is 0 Å². The van der Waals surface area contributed by atoms with Gasteiger partial charge in [-0.15, -0.1) is 0 Å². The minimum atomic E-state index is -0.318. The summed E-state index contributed by atoms with van der Waals surface area (Å²) < 4.78 is 5.61. The van der Waals surface area contributed by atoms with Gasteiger partial charge in [-0.3, -0.25) is 4.79 Å². The van der Waals surface area contributed by atoms with Gasteiger partial charge in [0.25, 0.3) is 5.91 Å². The highest BCUT2D eigenvalue weighted by atomic mass is 16.5. The standard InChI is InChI=1S/C18H24N4O2/c1-12(2)24-14-8-6-13(7-9-14)21-16-10-15(19-11-20-16)17(23)22-18(3,4)5/h6-12H,1-5H3,(H,22,23)(H,19,20,21). The number of aromatic nitrogens is 2. The lowest BCUT2D eigenvalue weighted by Gasteiger charge is -2.20. The molecule has 6 heteroatoms. The minimum Gasteiger partial charge on any atom is -0.491 e. The number of rotatable bonds is 5. The SMILES string of the molecule is CC(C)Oc1ccc(Nc2cc(C(=O)NC(C)(C)C)ncn2)cc1. The summed E-state index contributed by atoms with van der Waals surface area (Å²) in [6, 6.07) is 9.19. The van der Waals surface area contributed by atoms with Crippen LogP contribution >= 0.6 is 0 Å². The van der Waals surface area contributed by atoms with Crippen molar-refractivity contribution in [1.29, 1.82) is 0 Å². The summed E-state index contributed by atoms with van der Waals surface area (Å²) in [5.74, 6) is 1.14. The zero-order valence-electron chi connectivity index (χ0n) is 14.8. The molecule has 2 N–H and O–H groups in total. The highest BCUT2D eigenvalue weighted by Crippen LogP contribution is 2.20. The van der Waals surface area contributed by atoms with E-state index in [2.05, 4.69) is 20.6 Å². The normalized spacial score (nSPS) is 11.2. The summed E-state index contributed by atoms with van der Waals surface area (Å²) in [5.41, 5.74) is 0.858. The summed E-state index contributed by atoms with van der Waals surface area (Å²) in [5, 5.41) is 6.03. The molecule has 1 heterocycles. The van der Waals surface area contributed by atoms with Gasteiger partial charge in [0.15, 0.2) is 0 Å². The molecular formula is C18H24N4O2. The smallest absolute Gasteiger partial charge is 0.270 e. The zero-order valence-corrected chi connectivity index (χ0v) is 14.8. The third-order valence-electron chi connectivity index (χ3n) is 2.89. The fourth-order valence-corrected chi connectivity index (χ4v) is 1.99. The van der Waals surface area contributed by atoms with Crippen LogP contribution in [0.25, 0.3) is 0 Å². The number of amides is 1.